The van der Waals surface area contributed by atoms with Gasteiger partial charge in [0.2, 0.25) is 0 Å². The second-order valence-corrected chi connectivity index (χ2v) is 7.99. The van der Waals surface area contributed by atoms with Crippen molar-refractivity contribution in [1.29, 1.82) is 0 Å². The minimum Gasteiger partial charge on any atom is -0.379 e. The summed E-state index contributed by atoms with van der Waals surface area (Å²) in [5, 5.41) is 9.78. The van der Waals surface area contributed by atoms with Crippen molar-refractivity contribution in [3.63, 3.8) is 0 Å². The van der Waals surface area contributed by atoms with Gasteiger partial charge < -0.3 is 15.4 Å². The van der Waals surface area contributed by atoms with Crippen LogP contribution in [0.25, 0.3) is 0 Å². The molecule has 8 heteroatoms. The molecule has 3 rings (SSSR count). The number of rotatable bonds is 6. The van der Waals surface area contributed by atoms with Crippen molar-refractivity contribution >= 4 is 52.9 Å². The fourth-order valence-corrected chi connectivity index (χ4v) is 4.27. The molecule has 0 aliphatic carbocycles. The van der Waals surface area contributed by atoms with Gasteiger partial charge in [-0.25, -0.2) is 0 Å². The van der Waals surface area contributed by atoms with Crippen molar-refractivity contribution in [3.8, 4) is 0 Å². The molecule has 2 heterocycles. The van der Waals surface area contributed by atoms with Crippen molar-refractivity contribution in [2.45, 2.75) is 19.5 Å². The first-order valence-electron chi connectivity index (χ1n) is 9.22. The van der Waals surface area contributed by atoms with Crippen LogP contribution in [0, 0.1) is 6.92 Å². The zero-order valence-corrected chi connectivity index (χ0v) is 20.2. The first-order valence-corrected chi connectivity index (χ1v) is 10.5. The second kappa shape index (κ2) is 12.0. The number of hydrogen-bond donors (Lipinski definition) is 2. The molecular formula is C20H28ClIN4OS. The standard InChI is InChI=1S/C20H27ClN4OS.HI/c1-15-6-11-27-19(15)14-24-20(22-2)23-13-18(25-7-9-26-10-8-25)16-4-3-5-17(21)12-16;/h3-6,11-12,18H,7-10,13-14H2,1-2H3,(H2,22,23,24);1H. The number of nitrogens with zero attached hydrogens (tertiary/aromatic N) is 2. The molecule has 1 aliphatic heterocycles. The van der Waals surface area contributed by atoms with E-state index in [9.17, 15) is 0 Å². The molecule has 2 aromatic rings. The van der Waals surface area contributed by atoms with Crippen molar-refractivity contribution < 1.29 is 4.74 Å². The molecule has 0 radical (unpaired) electrons. The Morgan fingerprint density at radius 3 is 2.71 bits per heavy atom. The van der Waals surface area contributed by atoms with Gasteiger partial charge in [-0.05, 0) is 41.6 Å². The highest BCUT2D eigenvalue weighted by Crippen LogP contribution is 2.24. The van der Waals surface area contributed by atoms with Crippen molar-refractivity contribution in [3.05, 3.63) is 56.7 Å². The number of hydrogen-bond acceptors (Lipinski definition) is 4. The zero-order valence-electron chi connectivity index (χ0n) is 16.3. The van der Waals surface area contributed by atoms with Crippen LogP contribution in [-0.2, 0) is 11.3 Å². The number of aryl methyl sites for hydroxylation is 1. The average molecular weight is 535 g/mol. The summed E-state index contributed by atoms with van der Waals surface area (Å²) in [5.41, 5.74) is 2.52. The largest absolute Gasteiger partial charge is 0.379 e. The van der Waals surface area contributed by atoms with Crippen LogP contribution in [0.4, 0.5) is 0 Å². The van der Waals surface area contributed by atoms with Crippen LogP contribution in [0.1, 0.15) is 22.0 Å². The van der Waals surface area contributed by atoms with E-state index in [1.54, 1.807) is 18.4 Å². The Bertz CT molecular complexity index is 764. The molecule has 0 saturated carbocycles. The summed E-state index contributed by atoms with van der Waals surface area (Å²) in [6.07, 6.45) is 0. The van der Waals surface area contributed by atoms with Gasteiger partial charge in [0, 0.05) is 36.6 Å². The maximum absolute atomic E-state index is 6.24. The smallest absolute Gasteiger partial charge is 0.191 e. The van der Waals surface area contributed by atoms with Gasteiger partial charge in [0.15, 0.2) is 5.96 Å². The summed E-state index contributed by atoms with van der Waals surface area (Å²) in [6, 6.07) is 10.5. The maximum atomic E-state index is 6.24. The first-order chi connectivity index (χ1) is 13.2. The Hall–Kier alpha value is -0.870. The number of ether oxygens (including phenoxy) is 1. The summed E-state index contributed by atoms with van der Waals surface area (Å²) in [7, 11) is 1.81. The van der Waals surface area contributed by atoms with E-state index < -0.39 is 0 Å². The summed E-state index contributed by atoms with van der Waals surface area (Å²) in [6.45, 7) is 7.03. The molecule has 2 N–H and O–H groups in total. The Morgan fingerprint density at radius 2 is 2.07 bits per heavy atom. The van der Waals surface area contributed by atoms with Gasteiger partial charge in [-0.15, -0.1) is 35.3 Å². The first kappa shape index (κ1) is 23.4. The molecule has 0 spiro atoms. The fourth-order valence-electron chi connectivity index (χ4n) is 3.22. The second-order valence-electron chi connectivity index (χ2n) is 6.55. The number of morpholine rings is 1. The number of guanidine groups is 1. The molecule has 1 saturated heterocycles. The highest BCUT2D eigenvalue weighted by molar-refractivity contribution is 14.0. The predicted molar refractivity (Wildman–Crippen MR) is 129 cm³/mol. The lowest BCUT2D eigenvalue weighted by atomic mass is 10.0. The third-order valence-electron chi connectivity index (χ3n) is 4.79. The van der Waals surface area contributed by atoms with E-state index in [1.807, 2.05) is 12.1 Å². The molecule has 28 heavy (non-hydrogen) atoms. The predicted octanol–water partition coefficient (Wildman–Crippen LogP) is 4.07. The quantitative estimate of drug-likeness (QED) is 0.333. The lowest BCUT2D eigenvalue weighted by molar-refractivity contribution is 0.0170. The average Bonchev–Trinajstić information content (AvgIpc) is 3.10. The van der Waals surface area contributed by atoms with Gasteiger partial charge in [-0.3, -0.25) is 9.89 Å². The number of benzene rings is 1. The van der Waals surface area contributed by atoms with E-state index in [-0.39, 0.29) is 30.0 Å². The lowest BCUT2D eigenvalue weighted by Gasteiger charge is -2.35. The molecule has 1 fully saturated rings. The normalized spacial score (nSPS) is 16.3. The Kier molecular flexibility index (Phi) is 10.0. The summed E-state index contributed by atoms with van der Waals surface area (Å²) in [5.74, 6) is 0.808. The van der Waals surface area contributed by atoms with Crippen LogP contribution in [0.15, 0.2) is 40.7 Å². The van der Waals surface area contributed by atoms with Gasteiger partial charge in [0.25, 0.3) is 0 Å². The van der Waals surface area contributed by atoms with Gasteiger partial charge in [0.05, 0.1) is 25.8 Å². The minimum atomic E-state index is 0. The van der Waals surface area contributed by atoms with Crippen molar-refractivity contribution in [2.75, 3.05) is 39.9 Å². The summed E-state index contributed by atoms with van der Waals surface area (Å²) >= 11 is 8.01. The van der Waals surface area contributed by atoms with Crippen LogP contribution in [0.2, 0.25) is 5.02 Å². The third kappa shape index (κ3) is 6.59. The molecule has 0 amide bonds. The van der Waals surface area contributed by atoms with Crippen molar-refractivity contribution in [1.82, 2.24) is 15.5 Å². The fraction of sp³-hybridized carbons (Fsp3) is 0.450. The van der Waals surface area contributed by atoms with E-state index in [0.717, 1.165) is 50.4 Å². The van der Waals surface area contributed by atoms with Crippen LogP contribution >= 0.6 is 46.9 Å². The van der Waals surface area contributed by atoms with Crippen molar-refractivity contribution in [2.24, 2.45) is 4.99 Å². The Labute approximate surface area is 193 Å². The van der Waals surface area contributed by atoms with Gasteiger partial charge in [0.1, 0.15) is 0 Å². The maximum Gasteiger partial charge on any atom is 0.191 e. The van der Waals surface area contributed by atoms with E-state index in [4.69, 9.17) is 16.3 Å². The highest BCUT2D eigenvalue weighted by atomic mass is 127. The van der Waals surface area contributed by atoms with Gasteiger partial charge >= 0.3 is 0 Å². The molecule has 1 aromatic carbocycles. The lowest BCUT2D eigenvalue weighted by Crippen LogP contribution is -2.46. The van der Waals surface area contributed by atoms with E-state index >= 15 is 0 Å². The molecular weight excluding hydrogens is 507 g/mol. The third-order valence-corrected chi connectivity index (χ3v) is 6.05. The van der Waals surface area contributed by atoms with E-state index in [2.05, 4.69) is 51.0 Å². The highest BCUT2D eigenvalue weighted by Gasteiger charge is 2.23. The van der Waals surface area contributed by atoms with Gasteiger partial charge in [-0.1, -0.05) is 23.7 Å². The Morgan fingerprint density at radius 1 is 1.29 bits per heavy atom. The van der Waals surface area contributed by atoms with Crippen LogP contribution in [0.5, 0.6) is 0 Å². The molecule has 154 valence electrons. The molecule has 0 bridgehead atoms. The van der Waals surface area contributed by atoms with E-state index in [1.165, 1.54) is 16.0 Å². The summed E-state index contributed by atoms with van der Waals surface area (Å²) in [4.78, 5) is 8.15. The SMILES string of the molecule is CN=C(NCc1sccc1C)NCC(c1cccc(Cl)c1)N1CCOCC1.I. The molecule has 1 aliphatic rings. The monoisotopic (exact) mass is 534 g/mol. The molecule has 1 atom stereocenters. The number of thiophene rings is 1. The topological polar surface area (TPSA) is 48.9 Å². The molecule has 5 nitrogen and oxygen atoms in total. The van der Waals surface area contributed by atoms with Crippen LogP contribution < -0.4 is 10.6 Å². The Balaban J connectivity index is 0.00000280. The minimum absolute atomic E-state index is 0. The van der Waals surface area contributed by atoms with Crippen LogP contribution in [-0.4, -0.2) is 50.8 Å². The zero-order chi connectivity index (χ0) is 19.1. The molecule has 1 unspecified atom stereocenters. The van der Waals surface area contributed by atoms with E-state index in [0.29, 0.717) is 0 Å². The summed E-state index contributed by atoms with van der Waals surface area (Å²) < 4.78 is 5.52. The number of halogens is 2. The van der Waals surface area contributed by atoms with Crippen LogP contribution in [0.3, 0.4) is 0 Å². The number of nitrogens with one attached hydrogen (secondary N) is 2. The van der Waals surface area contributed by atoms with Gasteiger partial charge in [-0.2, -0.15) is 0 Å². The molecule has 1 aromatic heterocycles. The number of aliphatic imine (C=N–C) groups is 1.